The van der Waals surface area contributed by atoms with Crippen LogP contribution in [0.1, 0.15) is 22.0 Å². The van der Waals surface area contributed by atoms with Crippen LogP contribution >= 0.6 is 0 Å². The molecule has 0 aliphatic carbocycles. The minimum Gasteiger partial charge on any atom is -0.382 e. The highest BCUT2D eigenvalue weighted by molar-refractivity contribution is 5.99. The number of Topliss-reactive ketones (excluding diaryl/α,β-unsaturated/α-hetero) is 1. The molecule has 0 aliphatic heterocycles. The van der Waals surface area contributed by atoms with Crippen LogP contribution in [-0.4, -0.2) is 24.1 Å². The predicted octanol–water partition coefficient (Wildman–Crippen LogP) is 2.62. The maximum absolute atomic E-state index is 12.2. The van der Waals surface area contributed by atoms with Crippen LogP contribution in [0, 0.1) is 0 Å². The zero-order chi connectivity index (χ0) is 13.7. The van der Waals surface area contributed by atoms with Gasteiger partial charge in [-0.1, -0.05) is 60.7 Å². The van der Waals surface area contributed by atoms with Crippen molar-refractivity contribution in [1.82, 2.24) is 0 Å². The average Bonchev–Trinajstić information content (AvgIpc) is 2.49. The normalized spacial score (nSPS) is 13.8. The lowest BCUT2D eigenvalue weighted by molar-refractivity contribution is -0.00430. The molecule has 0 fully saturated rings. The zero-order valence-electron chi connectivity index (χ0n) is 10.7. The van der Waals surface area contributed by atoms with Crippen LogP contribution in [0.15, 0.2) is 60.7 Å². The summed E-state index contributed by atoms with van der Waals surface area (Å²) in [6.07, 6.45) is -1.87. The highest BCUT2D eigenvalue weighted by Gasteiger charge is 2.28. The van der Waals surface area contributed by atoms with Crippen molar-refractivity contribution in [3.8, 4) is 0 Å². The van der Waals surface area contributed by atoms with Gasteiger partial charge < -0.3 is 9.84 Å². The highest BCUT2D eigenvalue weighted by atomic mass is 16.5. The lowest BCUT2D eigenvalue weighted by atomic mass is 9.97. The molecule has 0 spiro atoms. The minimum absolute atomic E-state index is 0.337. The Balaban J connectivity index is 2.22. The molecule has 0 heterocycles. The maximum Gasteiger partial charge on any atom is 0.194 e. The molecule has 2 atom stereocenters. The number of ether oxygens (including phenoxy) is 1. The highest BCUT2D eigenvalue weighted by Crippen LogP contribution is 2.22. The van der Waals surface area contributed by atoms with E-state index in [1.165, 1.54) is 7.11 Å². The van der Waals surface area contributed by atoms with Crippen molar-refractivity contribution in [2.75, 3.05) is 7.11 Å². The van der Waals surface area contributed by atoms with Gasteiger partial charge >= 0.3 is 0 Å². The molecule has 0 aromatic heterocycles. The molecule has 2 rings (SSSR count). The number of aliphatic hydroxyl groups is 1. The Kier molecular flexibility index (Phi) is 4.44. The van der Waals surface area contributed by atoms with E-state index in [1.807, 2.05) is 36.4 Å². The largest absolute Gasteiger partial charge is 0.382 e. The van der Waals surface area contributed by atoms with E-state index in [4.69, 9.17) is 4.74 Å². The number of benzene rings is 2. The van der Waals surface area contributed by atoms with Crippen LogP contribution < -0.4 is 0 Å². The summed E-state index contributed by atoms with van der Waals surface area (Å²) in [6, 6.07) is 18.0. The lowest BCUT2D eigenvalue weighted by Crippen LogP contribution is -2.29. The Morgan fingerprint density at radius 1 is 1.00 bits per heavy atom. The van der Waals surface area contributed by atoms with E-state index < -0.39 is 12.2 Å². The molecule has 0 aliphatic rings. The topological polar surface area (TPSA) is 46.5 Å². The molecule has 0 saturated carbocycles. The Hall–Kier alpha value is -1.97. The third-order valence-electron chi connectivity index (χ3n) is 3.00. The van der Waals surface area contributed by atoms with E-state index in [9.17, 15) is 9.90 Å². The first-order valence-electron chi connectivity index (χ1n) is 6.09. The number of carbonyl (C=O) groups is 1. The first kappa shape index (κ1) is 13.5. The van der Waals surface area contributed by atoms with Gasteiger partial charge in [0.1, 0.15) is 12.2 Å². The van der Waals surface area contributed by atoms with Crippen LogP contribution in [0.3, 0.4) is 0 Å². The van der Waals surface area contributed by atoms with Crippen molar-refractivity contribution in [3.63, 3.8) is 0 Å². The summed E-state index contributed by atoms with van der Waals surface area (Å²) < 4.78 is 5.27. The predicted molar refractivity (Wildman–Crippen MR) is 73.0 cm³/mol. The molecule has 0 bridgehead atoms. The van der Waals surface area contributed by atoms with Crippen molar-refractivity contribution in [1.29, 1.82) is 0 Å². The second-order valence-corrected chi connectivity index (χ2v) is 4.24. The number of hydrogen-bond acceptors (Lipinski definition) is 3. The standard InChI is InChI=1S/C16H16O3/c1-19-16(13-10-6-3-7-11-13)15(18)14(17)12-8-4-2-5-9-12/h2-11,15-16,18H,1H3/t15-,16+/m0/s1. The number of rotatable bonds is 5. The number of carbonyl (C=O) groups excluding carboxylic acids is 1. The molecule has 3 nitrogen and oxygen atoms in total. The molecule has 19 heavy (non-hydrogen) atoms. The molecule has 3 heteroatoms. The number of ketones is 1. The van der Waals surface area contributed by atoms with Gasteiger partial charge in [-0.25, -0.2) is 0 Å². The molecule has 1 N–H and O–H groups in total. The third kappa shape index (κ3) is 3.08. The summed E-state index contributed by atoms with van der Waals surface area (Å²) in [5.74, 6) is -0.337. The Labute approximate surface area is 112 Å². The van der Waals surface area contributed by atoms with Gasteiger partial charge in [0.2, 0.25) is 0 Å². The van der Waals surface area contributed by atoms with E-state index >= 15 is 0 Å². The summed E-state index contributed by atoms with van der Waals surface area (Å²) in [5.41, 5.74) is 1.26. The van der Waals surface area contributed by atoms with E-state index in [-0.39, 0.29) is 5.78 Å². The second-order valence-electron chi connectivity index (χ2n) is 4.24. The third-order valence-corrected chi connectivity index (χ3v) is 3.00. The molecule has 0 saturated heterocycles. The van der Waals surface area contributed by atoms with Gasteiger partial charge in [0.15, 0.2) is 5.78 Å². The summed E-state index contributed by atoms with van der Waals surface area (Å²) >= 11 is 0. The first-order chi connectivity index (χ1) is 9.24. The number of aliphatic hydroxyl groups excluding tert-OH is 1. The molecule has 2 aromatic rings. The van der Waals surface area contributed by atoms with Gasteiger partial charge in [-0.05, 0) is 5.56 Å². The van der Waals surface area contributed by atoms with E-state index in [1.54, 1.807) is 24.3 Å². The molecule has 98 valence electrons. The van der Waals surface area contributed by atoms with Crippen molar-refractivity contribution in [2.45, 2.75) is 12.2 Å². The van der Waals surface area contributed by atoms with Gasteiger partial charge in [-0.2, -0.15) is 0 Å². The smallest absolute Gasteiger partial charge is 0.194 e. The number of hydrogen-bond donors (Lipinski definition) is 1. The molecule has 0 radical (unpaired) electrons. The first-order valence-corrected chi connectivity index (χ1v) is 6.09. The van der Waals surface area contributed by atoms with Gasteiger partial charge in [-0.3, -0.25) is 4.79 Å². The summed E-state index contributed by atoms with van der Waals surface area (Å²) in [5, 5.41) is 10.2. The lowest BCUT2D eigenvalue weighted by Gasteiger charge is -2.21. The van der Waals surface area contributed by atoms with Crippen molar-refractivity contribution >= 4 is 5.78 Å². The quantitative estimate of drug-likeness (QED) is 0.836. The fourth-order valence-corrected chi connectivity index (χ4v) is 2.00. The molecule has 0 amide bonds. The van der Waals surface area contributed by atoms with Crippen LogP contribution in [-0.2, 0) is 4.74 Å². The van der Waals surface area contributed by atoms with Crippen LogP contribution in [0.2, 0.25) is 0 Å². The second kappa shape index (κ2) is 6.27. The van der Waals surface area contributed by atoms with Crippen LogP contribution in [0.5, 0.6) is 0 Å². The van der Waals surface area contributed by atoms with E-state index in [0.29, 0.717) is 5.56 Å². The summed E-state index contributed by atoms with van der Waals surface area (Å²) in [6.45, 7) is 0. The van der Waals surface area contributed by atoms with E-state index in [2.05, 4.69) is 0 Å². The van der Waals surface area contributed by atoms with Gasteiger partial charge in [0.05, 0.1) is 0 Å². The molecule has 0 unspecified atom stereocenters. The van der Waals surface area contributed by atoms with Crippen LogP contribution in [0.25, 0.3) is 0 Å². The molecule has 2 aromatic carbocycles. The van der Waals surface area contributed by atoms with Crippen molar-refractivity contribution in [2.24, 2.45) is 0 Å². The minimum atomic E-state index is -1.21. The average molecular weight is 256 g/mol. The summed E-state index contributed by atoms with van der Waals surface area (Å²) in [4.78, 5) is 12.2. The molecular weight excluding hydrogens is 240 g/mol. The monoisotopic (exact) mass is 256 g/mol. The SMILES string of the molecule is CO[C@H](c1ccccc1)[C@@H](O)C(=O)c1ccccc1. The molecular formula is C16H16O3. The van der Waals surface area contributed by atoms with E-state index in [0.717, 1.165) is 5.56 Å². The Morgan fingerprint density at radius 2 is 1.53 bits per heavy atom. The van der Waals surface area contributed by atoms with Gasteiger partial charge in [-0.15, -0.1) is 0 Å². The van der Waals surface area contributed by atoms with Gasteiger partial charge in [0.25, 0.3) is 0 Å². The fourth-order valence-electron chi connectivity index (χ4n) is 2.00. The van der Waals surface area contributed by atoms with Crippen molar-refractivity contribution in [3.05, 3.63) is 71.8 Å². The Bertz CT molecular complexity index is 522. The maximum atomic E-state index is 12.2. The number of methoxy groups -OCH3 is 1. The Morgan fingerprint density at radius 3 is 2.05 bits per heavy atom. The van der Waals surface area contributed by atoms with Crippen molar-refractivity contribution < 1.29 is 14.6 Å². The zero-order valence-corrected chi connectivity index (χ0v) is 10.7. The van der Waals surface area contributed by atoms with Gasteiger partial charge in [0, 0.05) is 12.7 Å². The summed E-state index contributed by atoms with van der Waals surface area (Å²) in [7, 11) is 1.49. The fraction of sp³-hybridized carbons (Fsp3) is 0.188. The van der Waals surface area contributed by atoms with Crippen LogP contribution in [0.4, 0.5) is 0 Å².